The van der Waals surface area contributed by atoms with Crippen LogP contribution in [0.25, 0.3) is 0 Å². The summed E-state index contributed by atoms with van der Waals surface area (Å²) < 4.78 is 19.6. The molecule has 0 aliphatic carbocycles. The Bertz CT molecular complexity index is 630. The van der Waals surface area contributed by atoms with Crippen LogP contribution in [0.15, 0.2) is 40.9 Å². The molecule has 2 nitrogen and oxygen atoms in total. The lowest BCUT2D eigenvalue weighted by Gasteiger charge is -2.18. The highest BCUT2D eigenvalue weighted by Gasteiger charge is 2.12. The normalized spacial score (nSPS) is 12.2. The molecule has 2 aromatic carbocycles. The lowest BCUT2D eigenvalue weighted by Crippen LogP contribution is -2.19. The summed E-state index contributed by atoms with van der Waals surface area (Å²) in [5.41, 5.74) is 3.15. The van der Waals surface area contributed by atoms with Crippen LogP contribution >= 0.6 is 15.9 Å². The van der Waals surface area contributed by atoms with Gasteiger partial charge in [0.15, 0.2) is 0 Å². The van der Waals surface area contributed by atoms with Crippen molar-refractivity contribution in [2.45, 2.75) is 26.4 Å². The van der Waals surface area contributed by atoms with E-state index in [0.717, 1.165) is 26.9 Å². The molecule has 1 unspecified atom stereocenters. The van der Waals surface area contributed by atoms with Crippen molar-refractivity contribution in [3.05, 3.63) is 63.4 Å². The average molecular weight is 352 g/mol. The van der Waals surface area contributed by atoms with Crippen LogP contribution < -0.4 is 10.1 Å². The lowest BCUT2D eigenvalue weighted by atomic mass is 10.0. The van der Waals surface area contributed by atoms with Crippen LogP contribution in [0.3, 0.4) is 0 Å². The largest absolute Gasteiger partial charge is 0.496 e. The van der Waals surface area contributed by atoms with Gasteiger partial charge < -0.3 is 10.1 Å². The maximum atomic E-state index is 13.3. The Morgan fingerprint density at radius 1 is 1.24 bits per heavy atom. The fraction of sp³-hybridized carbons (Fsp3) is 0.294. The first-order valence-electron chi connectivity index (χ1n) is 6.83. The van der Waals surface area contributed by atoms with Gasteiger partial charge in [0.05, 0.1) is 7.11 Å². The van der Waals surface area contributed by atoms with Crippen LogP contribution in [0.2, 0.25) is 0 Å². The Kier molecular flexibility index (Phi) is 5.37. The van der Waals surface area contributed by atoms with Crippen molar-refractivity contribution in [2.75, 3.05) is 7.11 Å². The van der Waals surface area contributed by atoms with Crippen LogP contribution in [0.1, 0.15) is 29.7 Å². The van der Waals surface area contributed by atoms with Gasteiger partial charge in [0.2, 0.25) is 0 Å². The van der Waals surface area contributed by atoms with Crippen molar-refractivity contribution in [3.63, 3.8) is 0 Å². The molecule has 4 heteroatoms. The molecule has 2 aromatic rings. The van der Waals surface area contributed by atoms with Gasteiger partial charge in [-0.1, -0.05) is 28.1 Å². The highest BCUT2D eigenvalue weighted by atomic mass is 79.9. The Hall–Kier alpha value is -1.39. The predicted octanol–water partition coefficient (Wildman–Crippen LogP) is 4.76. The van der Waals surface area contributed by atoms with Gasteiger partial charge in [-0.2, -0.15) is 0 Å². The molecule has 21 heavy (non-hydrogen) atoms. The molecule has 2 rings (SSSR count). The predicted molar refractivity (Wildman–Crippen MR) is 87.1 cm³/mol. The molecule has 0 spiro atoms. The fourth-order valence-electron chi connectivity index (χ4n) is 2.23. The summed E-state index contributed by atoms with van der Waals surface area (Å²) in [5, 5.41) is 3.40. The van der Waals surface area contributed by atoms with Crippen molar-refractivity contribution in [1.29, 1.82) is 0 Å². The number of nitrogens with one attached hydrogen (secondary N) is 1. The van der Waals surface area contributed by atoms with E-state index in [4.69, 9.17) is 4.74 Å². The molecule has 112 valence electrons. The molecule has 0 heterocycles. The smallest absolute Gasteiger partial charge is 0.123 e. The number of rotatable bonds is 5. The zero-order valence-corrected chi connectivity index (χ0v) is 14.0. The van der Waals surface area contributed by atoms with Crippen molar-refractivity contribution in [2.24, 2.45) is 0 Å². The first kappa shape index (κ1) is 16.0. The first-order valence-corrected chi connectivity index (χ1v) is 7.62. The third kappa shape index (κ3) is 4.05. The zero-order valence-electron chi connectivity index (χ0n) is 12.4. The zero-order chi connectivity index (χ0) is 15.4. The van der Waals surface area contributed by atoms with E-state index < -0.39 is 0 Å². The second-order valence-electron chi connectivity index (χ2n) is 5.08. The minimum Gasteiger partial charge on any atom is -0.496 e. The monoisotopic (exact) mass is 351 g/mol. The number of halogens is 2. The topological polar surface area (TPSA) is 21.3 Å². The van der Waals surface area contributed by atoms with E-state index in [9.17, 15) is 4.39 Å². The van der Waals surface area contributed by atoms with Crippen LogP contribution in [-0.2, 0) is 6.54 Å². The standard InChI is InChI=1S/C17H19BrFNO/c1-11-4-6-15(17(8-11)21-3)12(2)20-10-13-9-14(19)5-7-16(13)18/h4-9,12,20H,10H2,1-3H3. The molecule has 0 fully saturated rings. The third-order valence-electron chi connectivity index (χ3n) is 3.46. The first-order chi connectivity index (χ1) is 10.0. The van der Waals surface area contributed by atoms with Crippen molar-refractivity contribution >= 4 is 15.9 Å². The van der Waals surface area contributed by atoms with Gasteiger partial charge in [0, 0.05) is 22.6 Å². The number of aryl methyl sites for hydroxylation is 1. The SMILES string of the molecule is COc1cc(C)ccc1C(C)NCc1cc(F)ccc1Br. The number of ether oxygens (including phenoxy) is 1. The summed E-state index contributed by atoms with van der Waals surface area (Å²) in [5.74, 6) is 0.642. The summed E-state index contributed by atoms with van der Waals surface area (Å²) in [6.45, 7) is 4.69. The van der Waals surface area contributed by atoms with Crippen molar-refractivity contribution in [1.82, 2.24) is 5.32 Å². The summed E-state index contributed by atoms with van der Waals surface area (Å²) in [6.07, 6.45) is 0. The van der Waals surface area contributed by atoms with E-state index in [-0.39, 0.29) is 11.9 Å². The number of benzene rings is 2. The quantitative estimate of drug-likeness (QED) is 0.838. The summed E-state index contributed by atoms with van der Waals surface area (Å²) in [7, 11) is 1.67. The van der Waals surface area contributed by atoms with E-state index in [1.807, 2.05) is 13.0 Å². The Morgan fingerprint density at radius 2 is 2.00 bits per heavy atom. The maximum Gasteiger partial charge on any atom is 0.123 e. The highest BCUT2D eigenvalue weighted by Crippen LogP contribution is 2.27. The van der Waals surface area contributed by atoms with Gasteiger partial charge in [0.1, 0.15) is 11.6 Å². The second-order valence-corrected chi connectivity index (χ2v) is 5.94. The molecule has 0 radical (unpaired) electrons. The minimum absolute atomic E-state index is 0.107. The van der Waals surface area contributed by atoms with E-state index in [1.54, 1.807) is 13.2 Å². The molecular weight excluding hydrogens is 333 g/mol. The third-order valence-corrected chi connectivity index (χ3v) is 4.24. The maximum absolute atomic E-state index is 13.3. The number of hydrogen-bond donors (Lipinski definition) is 1. The molecule has 1 N–H and O–H groups in total. The highest BCUT2D eigenvalue weighted by molar-refractivity contribution is 9.10. The molecule has 0 aromatic heterocycles. The summed E-state index contributed by atoms with van der Waals surface area (Å²) in [6, 6.07) is 11.0. The van der Waals surface area contributed by atoms with Gasteiger partial charge in [-0.3, -0.25) is 0 Å². The van der Waals surface area contributed by atoms with E-state index >= 15 is 0 Å². The van der Waals surface area contributed by atoms with Crippen LogP contribution in [-0.4, -0.2) is 7.11 Å². The summed E-state index contributed by atoms with van der Waals surface area (Å²) >= 11 is 3.44. The van der Waals surface area contributed by atoms with Crippen molar-refractivity contribution < 1.29 is 9.13 Å². The molecule has 0 amide bonds. The van der Waals surface area contributed by atoms with E-state index in [0.29, 0.717) is 6.54 Å². The molecule has 0 saturated heterocycles. The average Bonchev–Trinajstić information content (AvgIpc) is 2.47. The molecule has 0 bridgehead atoms. The number of hydrogen-bond acceptors (Lipinski definition) is 2. The van der Waals surface area contributed by atoms with Gasteiger partial charge >= 0.3 is 0 Å². The van der Waals surface area contributed by atoms with Crippen LogP contribution in [0, 0.1) is 12.7 Å². The van der Waals surface area contributed by atoms with E-state index in [1.165, 1.54) is 12.1 Å². The Labute approximate surface area is 133 Å². The van der Waals surface area contributed by atoms with Gasteiger partial charge in [-0.05, 0) is 49.2 Å². The van der Waals surface area contributed by atoms with Crippen LogP contribution in [0.4, 0.5) is 4.39 Å². The van der Waals surface area contributed by atoms with Gasteiger partial charge in [-0.25, -0.2) is 4.39 Å². The fourth-order valence-corrected chi connectivity index (χ4v) is 2.61. The number of methoxy groups -OCH3 is 1. The van der Waals surface area contributed by atoms with Crippen LogP contribution in [0.5, 0.6) is 5.75 Å². The molecular formula is C17H19BrFNO. The molecule has 0 aliphatic rings. The van der Waals surface area contributed by atoms with Gasteiger partial charge in [0.25, 0.3) is 0 Å². The summed E-state index contributed by atoms with van der Waals surface area (Å²) in [4.78, 5) is 0. The lowest BCUT2D eigenvalue weighted by molar-refractivity contribution is 0.401. The Morgan fingerprint density at radius 3 is 2.71 bits per heavy atom. The van der Waals surface area contributed by atoms with Gasteiger partial charge in [-0.15, -0.1) is 0 Å². The minimum atomic E-state index is -0.226. The second kappa shape index (κ2) is 7.05. The molecule has 1 atom stereocenters. The molecule has 0 saturated carbocycles. The molecule has 0 aliphatic heterocycles. The van der Waals surface area contributed by atoms with Crippen molar-refractivity contribution in [3.8, 4) is 5.75 Å². The Balaban J connectivity index is 2.11. The van der Waals surface area contributed by atoms with E-state index in [2.05, 4.69) is 40.3 Å².